The highest BCUT2D eigenvalue weighted by molar-refractivity contribution is 5.94. The summed E-state index contributed by atoms with van der Waals surface area (Å²) >= 11 is 0. The average Bonchev–Trinajstić information content (AvgIpc) is 2.79. The van der Waals surface area contributed by atoms with Gasteiger partial charge in [0.15, 0.2) is 0 Å². The zero-order valence-electron chi connectivity index (χ0n) is 18.7. The molecule has 0 saturated carbocycles. The molecule has 32 heavy (non-hydrogen) atoms. The summed E-state index contributed by atoms with van der Waals surface area (Å²) in [4.78, 5) is 41.8. The normalized spacial score (nSPS) is 22.2. The molecule has 7 heteroatoms. The van der Waals surface area contributed by atoms with Gasteiger partial charge in [0.25, 0.3) is 5.91 Å². The van der Waals surface area contributed by atoms with E-state index >= 15 is 0 Å². The summed E-state index contributed by atoms with van der Waals surface area (Å²) in [5, 5.41) is 9.93. The summed E-state index contributed by atoms with van der Waals surface area (Å²) in [5.74, 6) is -0.155. The van der Waals surface area contributed by atoms with Crippen molar-refractivity contribution in [1.29, 1.82) is 0 Å². The Balaban J connectivity index is 1.53. The van der Waals surface area contributed by atoms with Crippen LogP contribution in [0, 0.1) is 0 Å². The van der Waals surface area contributed by atoms with Crippen LogP contribution in [0.2, 0.25) is 0 Å². The maximum Gasteiger partial charge on any atom is 0.253 e. The lowest BCUT2D eigenvalue weighted by molar-refractivity contribution is -0.166. The minimum atomic E-state index is -0.256. The fraction of sp³-hybridized carbons (Fsp3) is 0.400. The van der Waals surface area contributed by atoms with E-state index in [2.05, 4.69) is 0 Å². The highest BCUT2D eigenvalue weighted by Crippen LogP contribution is 2.43. The minimum Gasteiger partial charge on any atom is -0.394 e. The van der Waals surface area contributed by atoms with Gasteiger partial charge in [-0.25, -0.2) is 0 Å². The molecule has 2 aromatic rings. The van der Waals surface area contributed by atoms with E-state index in [1.807, 2.05) is 48.5 Å². The molecule has 2 heterocycles. The lowest BCUT2D eigenvalue weighted by Crippen LogP contribution is -2.73. The third-order valence-electron chi connectivity index (χ3n) is 6.57. The number of hydrogen-bond donors (Lipinski definition) is 1. The zero-order valence-corrected chi connectivity index (χ0v) is 18.7. The molecule has 2 aromatic carbocycles. The molecule has 0 spiro atoms. The van der Waals surface area contributed by atoms with Crippen LogP contribution in [0.4, 0.5) is 0 Å². The fourth-order valence-corrected chi connectivity index (χ4v) is 4.87. The Kier molecular flexibility index (Phi) is 6.02. The number of carbonyl (C=O) groups is 3. The lowest BCUT2D eigenvalue weighted by Gasteiger charge is -2.58. The maximum absolute atomic E-state index is 12.6. The summed E-state index contributed by atoms with van der Waals surface area (Å²) in [6, 6.07) is 15.3. The van der Waals surface area contributed by atoms with Gasteiger partial charge in [0.2, 0.25) is 11.8 Å². The number of nitrogens with zero attached hydrogens (tertiary/aromatic N) is 3. The number of aliphatic hydroxyl groups is 1. The molecule has 3 amide bonds. The molecule has 0 bridgehead atoms. The van der Waals surface area contributed by atoms with Gasteiger partial charge in [0.05, 0.1) is 25.2 Å². The number of fused-ring (bicyclic) bond motifs is 1. The van der Waals surface area contributed by atoms with E-state index in [1.165, 1.54) is 0 Å². The summed E-state index contributed by atoms with van der Waals surface area (Å²) in [6.07, 6.45) is 0.377. The van der Waals surface area contributed by atoms with Gasteiger partial charge in [0, 0.05) is 38.5 Å². The Morgan fingerprint density at radius 2 is 1.62 bits per heavy atom. The first-order valence-corrected chi connectivity index (χ1v) is 11.0. The summed E-state index contributed by atoms with van der Waals surface area (Å²) < 4.78 is 0. The summed E-state index contributed by atoms with van der Waals surface area (Å²) in [5.41, 5.74) is 3.72. The lowest BCUT2D eigenvalue weighted by atomic mass is 9.73. The molecule has 4 rings (SSSR count). The topological polar surface area (TPSA) is 81.2 Å². The maximum atomic E-state index is 12.6. The largest absolute Gasteiger partial charge is 0.394 e. The van der Waals surface area contributed by atoms with Gasteiger partial charge in [0.1, 0.15) is 0 Å². The van der Waals surface area contributed by atoms with E-state index in [1.54, 1.807) is 35.7 Å². The molecule has 1 N–H and O–H groups in total. The molecule has 2 aliphatic heterocycles. The molecular weight excluding hydrogens is 406 g/mol. The molecule has 168 valence electrons. The van der Waals surface area contributed by atoms with Crippen LogP contribution in [0.5, 0.6) is 0 Å². The zero-order chi connectivity index (χ0) is 23.0. The van der Waals surface area contributed by atoms with Crippen molar-refractivity contribution in [3.05, 3.63) is 59.7 Å². The quantitative estimate of drug-likeness (QED) is 0.779. The number of benzene rings is 2. The Bertz CT molecular complexity index is 1020. The molecule has 3 atom stereocenters. The van der Waals surface area contributed by atoms with Crippen molar-refractivity contribution in [2.45, 2.75) is 31.3 Å². The molecule has 7 nitrogen and oxygen atoms in total. The number of rotatable bonds is 5. The molecule has 2 fully saturated rings. The van der Waals surface area contributed by atoms with Crippen molar-refractivity contribution >= 4 is 17.7 Å². The summed E-state index contributed by atoms with van der Waals surface area (Å²) in [7, 11) is 3.46. The molecule has 2 saturated heterocycles. The van der Waals surface area contributed by atoms with Gasteiger partial charge in [-0.3, -0.25) is 14.4 Å². The molecule has 0 radical (unpaired) electrons. The van der Waals surface area contributed by atoms with Gasteiger partial charge in [-0.2, -0.15) is 0 Å². The van der Waals surface area contributed by atoms with Crippen LogP contribution < -0.4 is 0 Å². The molecule has 0 unspecified atom stereocenters. The Morgan fingerprint density at radius 1 is 1.03 bits per heavy atom. The first kappa shape index (κ1) is 22.0. The van der Waals surface area contributed by atoms with Crippen LogP contribution in [0.15, 0.2) is 48.5 Å². The second-order valence-corrected chi connectivity index (χ2v) is 8.67. The van der Waals surface area contributed by atoms with Gasteiger partial charge < -0.3 is 19.8 Å². The highest BCUT2D eigenvalue weighted by Gasteiger charge is 2.54. The smallest absolute Gasteiger partial charge is 0.253 e. The predicted octanol–water partition coefficient (Wildman–Crippen LogP) is 1.96. The number of piperazine rings is 1. The molecular formula is C25H29N3O4. The standard InChI is InChI=1S/C25H29N3O4/c1-4-22(30)27-13-20-24(21(15-29)28(20)23(31)14-27)18-9-5-16(6-10-18)17-7-11-19(12-8-17)25(32)26(2)3/h5-12,20-21,24,29H,4,13-15H2,1-3H3/t20-,21+,24+/m1/s1. The number of amides is 3. The Morgan fingerprint density at radius 3 is 2.16 bits per heavy atom. The molecule has 2 aliphatic rings. The van der Waals surface area contributed by atoms with Crippen molar-refractivity contribution in [2.75, 3.05) is 33.8 Å². The fourth-order valence-electron chi connectivity index (χ4n) is 4.87. The first-order chi connectivity index (χ1) is 15.3. The SMILES string of the molecule is CCC(=O)N1CC(=O)N2[C@H](C1)[C@H](c1ccc(-c3ccc(C(=O)N(C)C)cc3)cc1)[C@@H]2CO. The minimum absolute atomic E-state index is 0.00875. The van der Waals surface area contributed by atoms with Crippen LogP contribution in [0.25, 0.3) is 11.1 Å². The predicted molar refractivity (Wildman–Crippen MR) is 121 cm³/mol. The van der Waals surface area contributed by atoms with E-state index in [4.69, 9.17) is 0 Å². The van der Waals surface area contributed by atoms with E-state index < -0.39 is 0 Å². The number of hydrogen-bond acceptors (Lipinski definition) is 4. The van der Waals surface area contributed by atoms with Crippen molar-refractivity contribution in [3.63, 3.8) is 0 Å². The Labute approximate surface area is 188 Å². The number of carbonyl (C=O) groups excluding carboxylic acids is 3. The highest BCUT2D eigenvalue weighted by atomic mass is 16.3. The Hall–Kier alpha value is -3.19. The van der Waals surface area contributed by atoms with Crippen molar-refractivity contribution < 1.29 is 19.5 Å². The first-order valence-electron chi connectivity index (χ1n) is 11.0. The summed E-state index contributed by atoms with van der Waals surface area (Å²) in [6.45, 7) is 2.30. The van der Waals surface area contributed by atoms with Crippen LogP contribution in [0.1, 0.15) is 35.2 Å². The van der Waals surface area contributed by atoms with E-state index in [9.17, 15) is 19.5 Å². The van der Waals surface area contributed by atoms with Crippen molar-refractivity contribution in [2.24, 2.45) is 0 Å². The van der Waals surface area contributed by atoms with Crippen LogP contribution in [0.3, 0.4) is 0 Å². The third kappa shape index (κ3) is 3.77. The van der Waals surface area contributed by atoms with E-state index in [0.29, 0.717) is 18.5 Å². The van der Waals surface area contributed by atoms with Crippen LogP contribution >= 0.6 is 0 Å². The number of aliphatic hydroxyl groups excluding tert-OH is 1. The van der Waals surface area contributed by atoms with Crippen LogP contribution in [-0.4, -0.2) is 83.4 Å². The van der Waals surface area contributed by atoms with Crippen LogP contribution in [-0.2, 0) is 9.59 Å². The van der Waals surface area contributed by atoms with Crippen molar-refractivity contribution in [3.8, 4) is 11.1 Å². The second-order valence-electron chi connectivity index (χ2n) is 8.67. The molecule has 0 aromatic heterocycles. The van der Waals surface area contributed by atoms with Gasteiger partial charge in [-0.15, -0.1) is 0 Å². The van der Waals surface area contributed by atoms with Gasteiger partial charge in [-0.05, 0) is 28.8 Å². The van der Waals surface area contributed by atoms with E-state index in [0.717, 1.165) is 16.7 Å². The second kappa shape index (κ2) is 8.74. The molecule has 0 aliphatic carbocycles. The van der Waals surface area contributed by atoms with E-state index in [-0.39, 0.29) is 48.9 Å². The van der Waals surface area contributed by atoms with Gasteiger partial charge in [-0.1, -0.05) is 43.3 Å². The third-order valence-corrected chi connectivity index (χ3v) is 6.57. The monoisotopic (exact) mass is 435 g/mol. The average molecular weight is 436 g/mol. The van der Waals surface area contributed by atoms with Crippen molar-refractivity contribution in [1.82, 2.24) is 14.7 Å². The van der Waals surface area contributed by atoms with Gasteiger partial charge >= 0.3 is 0 Å².